The molecule has 0 amide bonds. The van der Waals surface area contributed by atoms with E-state index in [1.807, 2.05) is 0 Å². The number of hydrogen-bond acceptors (Lipinski definition) is 3. The summed E-state index contributed by atoms with van der Waals surface area (Å²) in [5.41, 5.74) is -0.00743. The highest BCUT2D eigenvalue weighted by atomic mass is 16.5. The van der Waals surface area contributed by atoms with Crippen LogP contribution in [0.1, 0.15) is 47.0 Å². The third kappa shape index (κ3) is 5.36. The highest BCUT2D eigenvalue weighted by Gasteiger charge is 2.23. The third-order valence-corrected chi connectivity index (χ3v) is 3.61. The molecule has 1 aliphatic heterocycles. The second kappa shape index (κ2) is 6.72. The Morgan fingerprint density at radius 1 is 1.41 bits per heavy atom. The molecule has 17 heavy (non-hydrogen) atoms. The standard InChI is InChI=1S/C14H29NO2/c1-5-12-11-15(8-6-10-17-12)9-7-13(16)14(2,3)4/h12-13,16H,5-11H2,1-4H3. The maximum atomic E-state index is 10.1. The third-order valence-electron chi connectivity index (χ3n) is 3.61. The molecule has 1 rings (SSSR count). The van der Waals surface area contributed by atoms with Crippen LogP contribution in [0.2, 0.25) is 0 Å². The molecule has 0 aromatic heterocycles. The fraction of sp³-hybridized carbons (Fsp3) is 1.00. The van der Waals surface area contributed by atoms with E-state index in [0.717, 1.165) is 45.5 Å². The van der Waals surface area contributed by atoms with Crippen molar-refractivity contribution in [2.75, 3.05) is 26.2 Å². The molecule has 0 radical (unpaired) electrons. The van der Waals surface area contributed by atoms with Crippen molar-refractivity contribution in [2.24, 2.45) is 5.41 Å². The zero-order valence-electron chi connectivity index (χ0n) is 11.9. The zero-order valence-corrected chi connectivity index (χ0v) is 11.9. The van der Waals surface area contributed by atoms with Crippen LogP contribution in [0.4, 0.5) is 0 Å². The normalized spacial score (nSPS) is 25.6. The molecule has 0 aromatic carbocycles. The molecule has 0 aromatic rings. The fourth-order valence-corrected chi connectivity index (χ4v) is 2.16. The number of aliphatic hydroxyl groups excluding tert-OH is 1. The summed E-state index contributed by atoms with van der Waals surface area (Å²) >= 11 is 0. The predicted octanol–water partition coefficient (Wildman–Crippen LogP) is 2.28. The maximum absolute atomic E-state index is 10.1. The summed E-state index contributed by atoms with van der Waals surface area (Å²) in [6, 6.07) is 0. The summed E-state index contributed by atoms with van der Waals surface area (Å²) in [4.78, 5) is 2.44. The van der Waals surface area contributed by atoms with Gasteiger partial charge in [0.05, 0.1) is 12.2 Å². The minimum Gasteiger partial charge on any atom is -0.393 e. The van der Waals surface area contributed by atoms with Crippen LogP contribution < -0.4 is 0 Å². The molecule has 3 heteroatoms. The average molecular weight is 243 g/mol. The van der Waals surface area contributed by atoms with E-state index in [4.69, 9.17) is 4.74 Å². The number of nitrogens with zero attached hydrogens (tertiary/aromatic N) is 1. The Morgan fingerprint density at radius 3 is 2.71 bits per heavy atom. The summed E-state index contributed by atoms with van der Waals surface area (Å²) in [6.45, 7) is 12.5. The van der Waals surface area contributed by atoms with Gasteiger partial charge in [-0.25, -0.2) is 0 Å². The summed E-state index contributed by atoms with van der Waals surface area (Å²) in [5.74, 6) is 0. The van der Waals surface area contributed by atoms with Gasteiger partial charge in [-0.1, -0.05) is 27.7 Å². The zero-order chi connectivity index (χ0) is 12.9. The molecule has 102 valence electrons. The molecule has 1 saturated heterocycles. The molecule has 3 nitrogen and oxygen atoms in total. The first-order chi connectivity index (χ1) is 7.93. The molecule has 1 aliphatic rings. The maximum Gasteiger partial charge on any atom is 0.0699 e. The van der Waals surface area contributed by atoms with Gasteiger partial charge >= 0.3 is 0 Å². The molecule has 0 spiro atoms. The largest absolute Gasteiger partial charge is 0.393 e. The smallest absolute Gasteiger partial charge is 0.0699 e. The van der Waals surface area contributed by atoms with Crippen molar-refractivity contribution in [1.82, 2.24) is 4.90 Å². The van der Waals surface area contributed by atoms with Gasteiger partial charge in [0, 0.05) is 26.2 Å². The van der Waals surface area contributed by atoms with Crippen molar-refractivity contribution in [3.8, 4) is 0 Å². The SMILES string of the molecule is CCC1CN(CCC(O)C(C)(C)C)CCCO1. The van der Waals surface area contributed by atoms with E-state index in [1.54, 1.807) is 0 Å². The van der Waals surface area contributed by atoms with Gasteiger partial charge in [0.1, 0.15) is 0 Å². The average Bonchev–Trinajstić information content (AvgIpc) is 2.49. The van der Waals surface area contributed by atoms with Crippen LogP contribution in [-0.2, 0) is 4.74 Å². The number of ether oxygens (including phenoxy) is 1. The van der Waals surface area contributed by atoms with Crippen LogP contribution in [0.25, 0.3) is 0 Å². The Labute approximate surface area is 106 Å². The Hall–Kier alpha value is -0.120. The highest BCUT2D eigenvalue weighted by molar-refractivity contribution is 4.76. The highest BCUT2D eigenvalue weighted by Crippen LogP contribution is 2.22. The summed E-state index contributed by atoms with van der Waals surface area (Å²) in [7, 11) is 0. The van der Waals surface area contributed by atoms with Crippen LogP contribution in [0, 0.1) is 5.41 Å². The second-order valence-electron chi connectivity index (χ2n) is 6.23. The first kappa shape index (κ1) is 14.9. The quantitative estimate of drug-likeness (QED) is 0.822. The number of aliphatic hydroxyl groups is 1. The summed E-state index contributed by atoms with van der Waals surface area (Å²) < 4.78 is 5.75. The van der Waals surface area contributed by atoms with E-state index in [0.29, 0.717) is 6.10 Å². The first-order valence-corrected chi connectivity index (χ1v) is 6.95. The Kier molecular flexibility index (Phi) is 5.90. The van der Waals surface area contributed by atoms with E-state index in [1.165, 1.54) is 0 Å². The van der Waals surface area contributed by atoms with E-state index < -0.39 is 0 Å². The van der Waals surface area contributed by atoms with Gasteiger partial charge in [-0.2, -0.15) is 0 Å². The topological polar surface area (TPSA) is 32.7 Å². The minimum atomic E-state index is -0.216. The molecule has 0 bridgehead atoms. The Bertz CT molecular complexity index is 213. The molecule has 0 saturated carbocycles. The second-order valence-corrected chi connectivity index (χ2v) is 6.23. The van der Waals surface area contributed by atoms with Crippen molar-refractivity contribution in [3.63, 3.8) is 0 Å². The van der Waals surface area contributed by atoms with Crippen molar-refractivity contribution in [3.05, 3.63) is 0 Å². The van der Waals surface area contributed by atoms with Crippen LogP contribution >= 0.6 is 0 Å². The van der Waals surface area contributed by atoms with Gasteiger partial charge in [0.15, 0.2) is 0 Å². The molecule has 1 fully saturated rings. The summed E-state index contributed by atoms with van der Waals surface area (Å²) in [6.07, 6.45) is 3.22. The first-order valence-electron chi connectivity index (χ1n) is 6.95. The lowest BCUT2D eigenvalue weighted by atomic mass is 9.87. The number of rotatable bonds is 4. The van der Waals surface area contributed by atoms with Gasteiger partial charge in [-0.15, -0.1) is 0 Å². The van der Waals surface area contributed by atoms with Gasteiger partial charge in [0.2, 0.25) is 0 Å². The van der Waals surface area contributed by atoms with Gasteiger partial charge < -0.3 is 14.7 Å². The Balaban J connectivity index is 2.34. The van der Waals surface area contributed by atoms with Crippen LogP contribution in [0.15, 0.2) is 0 Å². The minimum absolute atomic E-state index is 0.00743. The molecular formula is C14H29NO2. The monoisotopic (exact) mass is 243 g/mol. The van der Waals surface area contributed by atoms with Gasteiger partial charge in [0.25, 0.3) is 0 Å². The van der Waals surface area contributed by atoms with Crippen LogP contribution in [0.3, 0.4) is 0 Å². The summed E-state index contributed by atoms with van der Waals surface area (Å²) in [5, 5.41) is 10.1. The van der Waals surface area contributed by atoms with Crippen molar-refractivity contribution in [1.29, 1.82) is 0 Å². The molecule has 0 aliphatic carbocycles. The number of hydrogen-bond donors (Lipinski definition) is 1. The van der Waals surface area contributed by atoms with Crippen LogP contribution in [-0.4, -0.2) is 48.5 Å². The van der Waals surface area contributed by atoms with E-state index >= 15 is 0 Å². The predicted molar refractivity (Wildman–Crippen MR) is 71.2 cm³/mol. The van der Waals surface area contributed by atoms with E-state index in [2.05, 4.69) is 32.6 Å². The van der Waals surface area contributed by atoms with Crippen LogP contribution in [0.5, 0.6) is 0 Å². The van der Waals surface area contributed by atoms with E-state index in [9.17, 15) is 5.11 Å². The van der Waals surface area contributed by atoms with Crippen molar-refractivity contribution in [2.45, 2.75) is 59.2 Å². The lowest BCUT2D eigenvalue weighted by molar-refractivity contribution is 0.0335. The molecule has 1 N–H and O–H groups in total. The molecule has 2 unspecified atom stereocenters. The Morgan fingerprint density at radius 2 is 2.12 bits per heavy atom. The van der Waals surface area contributed by atoms with E-state index in [-0.39, 0.29) is 11.5 Å². The fourth-order valence-electron chi connectivity index (χ4n) is 2.16. The van der Waals surface area contributed by atoms with Gasteiger partial charge in [-0.05, 0) is 24.7 Å². The van der Waals surface area contributed by atoms with Crippen molar-refractivity contribution >= 4 is 0 Å². The van der Waals surface area contributed by atoms with Crippen molar-refractivity contribution < 1.29 is 9.84 Å². The molecular weight excluding hydrogens is 214 g/mol. The van der Waals surface area contributed by atoms with Gasteiger partial charge in [-0.3, -0.25) is 0 Å². The molecule has 1 heterocycles. The molecule has 2 atom stereocenters. The lowest BCUT2D eigenvalue weighted by Crippen LogP contribution is -2.36. The lowest BCUT2D eigenvalue weighted by Gasteiger charge is -2.29.